The Morgan fingerprint density at radius 2 is 1.68 bits per heavy atom. The number of rotatable bonds is 7. The van der Waals surface area contributed by atoms with E-state index in [1.165, 1.54) is 29.5 Å². The molecule has 7 heteroatoms. The van der Waals surface area contributed by atoms with Crippen molar-refractivity contribution >= 4 is 23.4 Å². The van der Waals surface area contributed by atoms with E-state index in [2.05, 4.69) is 22.4 Å². The minimum absolute atomic E-state index is 0.135. The van der Waals surface area contributed by atoms with Crippen LogP contribution in [0.25, 0.3) is 17.1 Å². The van der Waals surface area contributed by atoms with E-state index >= 15 is 0 Å². The number of hydrogen-bond acceptors (Lipinski definition) is 4. The maximum absolute atomic E-state index is 13.5. The number of aromatic nitrogens is 3. The third-order valence-electron chi connectivity index (χ3n) is 4.73. The second kappa shape index (κ2) is 9.57. The number of nitrogens with zero attached hydrogens (tertiary/aromatic N) is 3. The fraction of sp³-hybridized carbons (Fsp3) is 0.125. The first-order valence-electron chi connectivity index (χ1n) is 9.92. The van der Waals surface area contributed by atoms with Gasteiger partial charge < -0.3 is 5.32 Å². The Kier molecular flexibility index (Phi) is 6.43. The summed E-state index contributed by atoms with van der Waals surface area (Å²) in [6, 6.07) is 23.6. The van der Waals surface area contributed by atoms with Crippen LogP contribution in [0.4, 0.5) is 10.1 Å². The Hall–Kier alpha value is -3.45. The van der Waals surface area contributed by atoms with Crippen molar-refractivity contribution in [3.63, 3.8) is 0 Å². The monoisotopic (exact) mass is 432 g/mol. The lowest BCUT2D eigenvalue weighted by atomic mass is 10.1. The molecule has 1 aromatic heterocycles. The van der Waals surface area contributed by atoms with Crippen LogP contribution in [0.2, 0.25) is 0 Å². The Balaban J connectivity index is 1.55. The number of thioether (sulfide) groups is 1. The normalized spacial score (nSPS) is 10.8. The van der Waals surface area contributed by atoms with Gasteiger partial charge in [-0.05, 0) is 48.4 Å². The first kappa shape index (κ1) is 20.8. The fourth-order valence-electron chi connectivity index (χ4n) is 3.11. The molecule has 0 spiro atoms. The predicted octanol–water partition coefficient (Wildman–Crippen LogP) is 5.37. The van der Waals surface area contributed by atoms with Crippen molar-refractivity contribution < 1.29 is 9.18 Å². The molecule has 1 amide bonds. The first-order valence-corrected chi connectivity index (χ1v) is 10.9. The summed E-state index contributed by atoms with van der Waals surface area (Å²) in [6.45, 7) is 2.09. The van der Waals surface area contributed by atoms with Crippen LogP contribution in [0.1, 0.15) is 12.5 Å². The highest BCUT2D eigenvalue weighted by Crippen LogP contribution is 2.28. The van der Waals surface area contributed by atoms with Crippen LogP contribution in [-0.2, 0) is 11.2 Å². The molecule has 5 nitrogen and oxygen atoms in total. The Bertz CT molecular complexity index is 1160. The molecule has 0 bridgehead atoms. The maximum atomic E-state index is 13.5. The average Bonchev–Trinajstić information content (AvgIpc) is 3.23. The van der Waals surface area contributed by atoms with Crippen LogP contribution in [0.15, 0.2) is 84.0 Å². The third kappa shape index (κ3) is 5.00. The van der Waals surface area contributed by atoms with Gasteiger partial charge in [-0.15, -0.1) is 10.2 Å². The number of benzene rings is 3. The van der Waals surface area contributed by atoms with E-state index < -0.39 is 0 Å². The van der Waals surface area contributed by atoms with Gasteiger partial charge in [0.05, 0.1) is 5.75 Å². The SMILES string of the molecule is CCc1ccc(NC(=O)CSc2nnc(-c3ccccc3)n2-c2ccc(F)cc2)cc1. The van der Waals surface area contributed by atoms with Gasteiger partial charge in [0.15, 0.2) is 11.0 Å². The fourth-order valence-corrected chi connectivity index (χ4v) is 3.86. The lowest BCUT2D eigenvalue weighted by Crippen LogP contribution is -2.14. The van der Waals surface area contributed by atoms with Crippen molar-refractivity contribution in [1.82, 2.24) is 14.8 Å². The van der Waals surface area contributed by atoms with Crippen LogP contribution in [-0.4, -0.2) is 26.4 Å². The van der Waals surface area contributed by atoms with Gasteiger partial charge in [-0.2, -0.15) is 0 Å². The summed E-state index contributed by atoms with van der Waals surface area (Å²) in [5.74, 6) is 0.346. The topological polar surface area (TPSA) is 59.8 Å². The smallest absolute Gasteiger partial charge is 0.234 e. The third-order valence-corrected chi connectivity index (χ3v) is 5.66. The lowest BCUT2D eigenvalue weighted by Gasteiger charge is -2.11. The van der Waals surface area contributed by atoms with E-state index in [1.54, 1.807) is 12.1 Å². The van der Waals surface area contributed by atoms with E-state index in [0.717, 1.165) is 23.4 Å². The van der Waals surface area contributed by atoms with Gasteiger partial charge >= 0.3 is 0 Å². The molecule has 156 valence electrons. The molecule has 4 rings (SSSR count). The zero-order valence-electron chi connectivity index (χ0n) is 17.0. The summed E-state index contributed by atoms with van der Waals surface area (Å²) in [6.07, 6.45) is 0.951. The molecule has 0 saturated heterocycles. The molecule has 0 unspecified atom stereocenters. The van der Waals surface area contributed by atoms with Crippen LogP contribution in [0.5, 0.6) is 0 Å². The van der Waals surface area contributed by atoms with Crippen molar-refractivity contribution in [3.8, 4) is 17.1 Å². The first-order chi connectivity index (χ1) is 15.1. The lowest BCUT2D eigenvalue weighted by molar-refractivity contribution is -0.113. The highest BCUT2D eigenvalue weighted by molar-refractivity contribution is 7.99. The van der Waals surface area contributed by atoms with Gasteiger partial charge in [0, 0.05) is 16.9 Å². The molecule has 3 aromatic carbocycles. The number of carbonyl (C=O) groups excluding carboxylic acids is 1. The molecule has 4 aromatic rings. The zero-order chi connectivity index (χ0) is 21.6. The molecular weight excluding hydrogens is 411 g/mol. The zero-order valence-corrected chi connectivity index (χ0v) is 17.8. The van der Waals surface area contributed by atoms with Crippen molar-refractivity contribution in [2.75, 3.05) is 11.1 Å². The van der Waals surface area contributed by atoms with Crippen LogP contribution < -0.4 is 5.32 Å². The minimum atomic E-state index is -0.319. The number of hydrogen-bond donors (Lipinski definition) is 1. The Labute approximate surface area is 184 Å². The maximum Gasteiger partial charge on any atom is 0.234 e. The molecule has 0 aliphatic rings. The van der Waals surface area contributed by atoms with Gasteiger partial charge in [0.1, 0.15) is 5.82 Å². The van der Waals surface area contributed by atoms with Crippen molar-refractivity contribution in [3.05, 3.63) is 90.2 Å². The molecule has 0 atom stereocenters. The van der Waals surface area contributed by atoms with Crippen molar-refractivity contribution in [2.45, 2.75) is 18.5 Å². The van der Waals surface area contributed by atoms with E-state index in [0.29, 0.717) is 11.0 Å². The average molecular weight is 433 g/mol. The molecule has 1 N–H and O–H groups in total. The number of halogens is 1. The second-order valence-electron chi connectivity index (χ2n) is 6.87. The number of amides is 1. The summed E-state index contributed by atoms with van der Waals surface area (Å²) in [5.41, 5.74) is 3.58. The largest absolute Gasteiger partial charge is 0.325 e. The summed E-state index contributed by atoms with van der Waals surface area (Å²) < 4.78 is 15.3. The molecule has 1 heterocycles. The van der Waals surface area contributed by atoms with Crippen LogP contribution >= 0.6 is 11.8 Å². The van der Waals surface area contributed by atoms with Crippen LogP contribution in [0.3, 0.4) is 0 Å². The molecule has 0 fully saturated rings. The number of nitrogens with one attached hydrogen (secondary N) is 1. The standard InChI is InChI=1S/C24H21FN4OS/c1-2-17-8-12-20(13-9-17)26-22(30)16-31-24-28-27-23(18-6-4-3-5-7-18)29(24)21-14-10-19(25)11-15-21/h3-15H,2,16H2,1H3,(H,26,30). The van der Waals surface area contributed by atoms with Gasteiger partial charge in [-0.1, -0.05) is 61.2 Å². The molecule has 0 aliphatic carbocycles. The Morgan fingerprint density at radius 3 is 2.35 bits per heavy atom. The van der Waals surface area contributed by atoms with Crippen molar-refractivity contribution in [1.29, 1.82) is 0 Å². The van der Waals surface area contributed by atoms with Gasteiger partial charge in [0.25, 0.3) is 0 Å². The molecule has 0 radical (unpaired) electrons. The predicted molar refractivity (Wildman–Crippen MR) is 122 cm³/mol. The summed E-state index contributed by atoms with van der Waals surface area (Å²) in [7, 11) is 0. The second-order valence-corrected chi connectivity index (χ2v) is 7.81. The molecular formula is C24H21FN4OS. The van der Waals surface area contributed by atoms with Crippen molar-refractivity contribution in [2.24, 2.45) is 0 Å². The number of carbonyl (C=O) groups is 1. The van der Waals surface area contributed by atoms with E-state index in [1.807, 2.05) is 59.2 Å². The summed E-state index contributed by atoms with van der Waals surface area (Å²) in [4.78, 5) is 12.5. The van der Waals surface area contributed by atoms with E-state index in [4.69, 9.17) is 0 Å². The quantitative estimate of drug-likeness (QED) is 0.399. The van der Waals surface area contributed by atoms with Gasteiger partial charge in [-0.25, -0.2) is 4.39 Å². The van der Waals surface area contributed by atoms with Gasteiger partial charge in [0.2, 0.25) is 5.91 Å². The van der Waals surface area contributed by atoms with E-state index in [9.17, 15) is 9.18 Å². The number of anilines is 1. The molecule has 0 saturated carbocycles. The highest BCUT2D eigenvalue weighted by Gasteiger charge is 2.17. The highest BCUT2D eigenvalue weighted by atomic mass is 32.2. The molecule has 0 aliphatic heterocycles. The minimum Gasteiger partial charge on any atom is -0.325 e. The molecule has 31 heavy (non-hydrogen) atoms. The van der Waals surface area contributed by atoms with Crippen LogP contribution in [0, 0.1) is 5.82 Å². The summed E-state index contributed by atoms with van der Waals surface area (Å²) in [5, 5.41) is 12.1. The Morgan fingerprint density at radius 1 is 0.968 bits per heavy atom. The van der Waals surface area contributed by atoms with E-state index in [-0.39, 0.29) is 17.5 Å². The number of aryl methyl sites for hydroxylation is 1. The summed E-state index contributed by atoms with van der Waals surface area (Å²) >= 11 is 1.28. The van der Waals surface area contributed by atoms with Gasteiger partial charge in [-0.3, -0.25) is 9.36 Å².